The third-order valence-electron chi connectivity index (χ3n) is 7.67. The third kappa shape index (κ3) is 5.17. The highest BCUT2D eigenvalue weighted by atomic mass is 16.1. The van der Waals surface area contributed by atoms with E-state index in [9.17, 15) is 4.79 Å². The highest BCUT2D eigenvalue weighted by Crippen LogP contribution is 2.61. The van der Waals surface area contributed by atoms with Crippen LogP contribution in [0.5, 0.6) is 0 Å². The summed E-state index contributed by atoms with van der Waals surface area (Å²) in [4.78, 5) is 18.3. The van der Waals surface area contributed by atoms with Gasteiger partial charge in [-0.1, -0.05) is 18.2 Å². The first-order valence-electron chi connectivity index (χ1n) is 12.3. The molecule has 1 saturated heterocycles. The lowest BCUT2D eigenvalue weighted by Gasteiger charge is -2.33. The molecule has 1 spiro atoms. The molecular weight excluding hydrogens is 422 g/mol. The fourth-order valence-corrected chi connectivity index (χ4v) is 5.40. The van der Waals surface area contributed by atoms with Gasteiger partial charge in [-0.3, -0.25) is 14.7 Å². The number of nitrogens with one attached hydrogen (secondary N) is 1. The second-order valence-electron chi connectivity index (χ2n) is 10.0. The van der Waals surface area contributed by atoms with Crippen LogP contribution in [0.1, 0.15) is 49.6 Å². The lowest BCUT2D eigenvalue weighted by Crippen LogP contribution is -2.35. The molecule has 1 atom stereocenters. The first-order valence-corrected chi connectivity index (χ1v) is 12.3. The number of hydrogen-bond donors (Lipinski definition) is 1. The van der Waals surface area contributed by atoms with E-state index in [2.05, 4.69) is 50.5 Å². The van der Waals surface area contributed by atoms with E-state index in [-0.39, 0.29) is 5.91 Å². The van der Waals surface area contributed by atoms with E-state index in [0.29, 0.717) is 5.41 Å². The Hall–Kier alpha value is -3.12. The molecule has 2 aromatic heterocycles. The fraction of sp³-hybridized carbons (Fsp3) is 0.429. The predicted molar refractivity (Wildman–Crippen MR) is 134 cm³/mol. The van der Waals surface area contributed by atoms with Crippen molar-refractivity contribution in [2.45, 2.75) is 52.5 Å². The van der Waals surface area contributed by atoms with Crippen LogP contribution in [0.25, 0.3) is 11.3 Å². The summed E-state index contributed by atoms with van der Waals surface area (Å²) in [7, 11) is 0. The van der Waals surface area contributed by atoms with Crippen molar-refractivity contribution in [3.63, 3.8) is 0 Å². The molecular formula is C28H33N5O. The topological polar surface area (TPSA) is 71.0 Å². The van der Waals surface area contributed by atoms with Crippen LogP contribution in [0.2, 0.25) is 0 Å². The number of pyridine rings is 1. The zero-order chi connectivity index (χ0) is 23.5. The van der Waals surface area contributed by atoms with E-state index in [1.807, 2.05) is 36.5 Å². The van der Waals surface area contributed by atoms with Gasteiger partial charge in [0.05, 0.1) is 17.1 Å². The van der Waals surface area contributed by atoms with Crippen molar-refractivity contribution >= 4 is 11.6 Å². The number of likely N-dealkylation sites (tertiary alicyclic amines) is 1. The number of nitrogens with zero attached hydrogens (tertiary/aromatic N) is 4. The van der Waals surface area contributed by atoms with Gasteiger partial charge in [-0.15, -0.1) is 0 Å². The monoisotopic (exact) mass is 455 g/mol. The Balaban J connectivity index is 1.09. The van der Waals surface area contributed by atoms with Crippen molar-refractivity contribution in [3.8, 4) is 11.3 Å². The number of carbonyl (C=O) groups excluding carboxylic acids is 1. The van der Waals surface area contributed by atoms with Crippen molar-refractivity contribution in [2.24, 2.45) is 11.3 Å². The molecule has 6 nitrogen and oxygen atoms in total. The first-order chi connectivity index (χ1) is 16.5. The normalized spacial score (nSPS) is 19.2. The second kappa shape index (κ2) is 9.63. The average Bonchev–Trinajstić information content (AvgIpc) is 3.53. The van der Waals surface area contributed by atoms with Crippen molar-refractivity contribution in [3.05, 3.63) is 71.7 Å². The summed E-state index contributed by atoms with van der Waals surface area (Å²) >= 11 is 0. The number of anilines is 1. The Labute approximate surface area is 201 Å². The molecule has 3 heterocycles. The van der Waals surface area contributed by atoms with Crippen LogP contribution < -0.4 is 5.32 Å². The van der Waals surface area contributed by atoms with E-state index in [1.165, 1.54) is 57.0 Å². The maximum Gasteiger partial charge on any atom is 0.221 e. The van der Waals surface area contributed by atoms with E-state index < -0.39 is 0 Å². The number of benzene rings is 1. The summed E-state index contributed by atoms with van der Waals surface area (Å²) in [5.74, 6) is 0.758. The molecule has 176 valence electrons. The van der Waals surface area contributed by atoms with Crippen LogP contribution in [-0.4, -0.2) is 39.1 Å². The number of carbonyl (C=O) groups is 1. The molecule has 0 unspecified atom stereocenters. The molecule has 1 N–H and O–H groups in total. The highest BCUT2D eigenvalue weighted by molar-refractivity contribution is 5.88. The standard InChI is InChI=1S/C28H33N5O/c1-20-4-3-15-29-27(20)19-33-16-13-28(14-17-33)18-23(28)7-10-25-11-12-26(32-31-25)22-5-8-24(9-6-22)30-21(2)34/h3-6,8-9,11-12,15,23H,7,10,13-14,16-19H2,1-2H3,(H,30,34)/t23-/m1/s1. The maximum atomic E-state index is 11.2. The number of hydrogen-bond acceptors (Lipinski definition) is 5. The molecule has 0 radical (unpaired) electrons. The molecule has 1 amide bonds. The minimum atomic E-state index is -0.0699. The quantitative estimate of drug-likeness (QED) is 0.540. The van der Waals surface area contributed by atoms with E-state index in [1.54, 1.807) is 0 Å². The molecule has 1 aromatic carbocycles. The number of piperidine rings is 1. The Bertz CT molecular complexity index is 1130. The zero-order valence-corrected chi connectivity index (χ0v) is 20.1. The lowest BCUT2D eigenvalue weighted by atomic mass is 9.89. The van der Waals surface area contributed by atoms with Crippen molar-refractivity contribution in [1.29, 1.82) is 0 Å². The number of amides is 1. The van der Waals surface area contributed by atoms with Gasteiger partial charge in [0.15, 0.2) is 0 Å². The zero-order valence-electron chi connectivity index (χ0n) is 20.1. The Morgan fingerprint density at radius 1 is 1.09 bits per heavy atom. The summed E-state index contributed by atoms with van der Waals surface area (Å²) in [5, 5.41) is 11.7. The SMILES string of the molecule is CC(=O)Nc1ccc(-c2ccc(CC[C@@H]3CC34CCN(Cc3ncccc3C)CC4)nn2)cc1. The number of aromatic nitrogens is 3. The third-order valence-corrected chi connectivity index (χ3v) is 7.67. The number of rotatable bonds is 7. The van der Waals surface area contributed by atoms with Crippen LogP contribution in [0, 0.1) is 18.3 Å². The fourth-order valence-electron chi connectivity index (χ4n) is 5.40. The van der Waals surface area contributed by atoms with Crippen molar-refractivity contribution in [2.75, 3.05) is 18.4 Å². The van der Waals surface area contributed by atoms with Gasteiger partial charge >= 0.3 is 0 Å². The van der Waals surface area contributed by atoms with Gasteiger partial charge in [0, 0.05) is 30.9 Å². The summed E-state index contributed by atoms with van der Waals surface area (Å²) < 4.78 is 0. The van der Waals surface area contributed by atoms with Gasteiger partial charge in [0.1, 0.15) is 0 Å². The predicted octanol–water partition coefficient (Wildman–Crippen LogP) is 5.04. The molecule has 0 bridgehead atoms. The lowest BCUT2D eigenvalue weighted by molar-refractivity contribution is -0.114. The van der Waals surface area contributed by atoms with E-state index >= 15 is 0 Å². The number of aryl methyl sites for hydroxylation is 2. The van der Waals surface area contributed by atoms with Crippen molar-refractivity contribution < 1.29 is 4.79 Å². The van der Waals surface area contributed by atoms with Crippen LogP contribution in [0.15, 0.2) is 54.7 Å². The van der Waals surface area contributed by atoms with Gasteiger partial charge in [0.2, 0.25) is 5.91 Å². The molecule has 6 heteroatoms. The molecule has 5 rings (SSSR count). The molecule has 34 heavy (non-hydrogen) atoms. The maximum absolute atomic E-state index is 11.2. The Morgan fingerprint density at radius 3 is 2.56 bits per heavy atom. The summed E-state index contributed by atoms with van der Waals surface area (Å²) in [5.41, 5.74) is 6.80. The largest absolute Gasteiger partial charge is 0.326 e. The minimum Gasteiger partial charge on any atom is -0.326 e. The molecule has 2 fully saturated rings. The highest BCUT2D eigenvalue weighted by Gasteiger charge is 2.53. The minimum absolute atomic E-state index is 0.0699. The molecule has 1 aliphatic carbocycles. The van der Waals surface area contributed by atoms with Gasteiger partial charge in [-0.25, -0.2) is 0 Å². The van der Waals surface area contributed by atoms with Crippen LogP contribution >= 0.6 is 0 Å². The Kier molecular flexibility index (Phi) is 6.42. The molecule has 2 aliphatic rings. The van der Waals surface area contributed by atoms with E-state index in [4.69, 9.17) is 0 Å². The van der Waals surface area contributed by atoms with Gasteiger partial charge < -0.3 is 5.32 Å². The summed E-state index contributed by atoms with van der Waals surface area (Å²) in [6.07, 6.45) is 8.10. The van der Waals surface area contributed by atoms with Crippen LogP contribution in [-0.2, 0) is 17.8 Å². The summed E-state index contributed by atoms with van der Waals surface area (Å²) in [6, 6.07) is 16.0. The van der Waals surface area contributed by atoms with E-state index in [0.717, 1.165) is 41.5 Å². The molecule has 3 aromatic rings. The average molecular weight is 456 g/mol. The Morgan fingerprint density at radius 2 is 1.88 bits per heavy atom. The summed E-state index contributed by atoms with van der Waals surface area (Å²) in [6.45, 7) is 7.01. The van der Waals surface area contributed by atoms with Crippen LogP contribution in [0.3, 0.4) is 0 Å². The van der Waals surface area contributed by atoms with Gasteiger partial charge in [-0.05, 0) is 99.3 Å². The molecule has 1 aliphatic heterocycles. The van der Waals surface area contributed by atoms with Gasteiger partial charge in [-0.2, -0.15) is 10.2 Å². The van der Waals surface area contributed by atoms with Gasteiger partial charge in [0.25, 0.3) is 0 Å². The first kappa shape index (κ1) is 22.7. The van der Waals surface area contributed by atoms with Crippen molar-refractivity contribution in [1.82, 2.24) is 20.1 Å². The second-order valence-corrected chi connectivity index (χ2v) is 10.0. The van der Waals surface area contributed by atoms with Crippen LogP contribution in [0.4, 0.5) is 5.69 Å². The molecule has 1 saturated carbocycles. The smallest absolute Gasteiger partial charge is 0.221 e.